The molecule has 0 atom stereocenters. The summed E-state index contributed by atoms with van der Waals surface area (Å²) in [6, 6.07) is 9.64. The Bertz CT molecular complexity index is 589. The van der Waals surface area contributed by atoms with E-state index < -0.39 is 18.0 Å². The second-order valence-electron chi connectivity index (χ2n) is 5.30. The zero-order valence-electron chi connectivity index (χ0n) is 14.9. The van der Waals surface area contributed by atoms with Gasteiger partial charge in [0.05, 0.1) is 26.4 Å². The van der Waals surface area contributed by atoms with Crippen LogP contribution in [0.25, 0.3) is 0 Å². The molecule has 2 N–H and O–H groups in total. The molecule has 1 saturated heterocycles. The Labute approximate surface area is 157 Å². The normalized spacial score (nSPS) is 18.6. The van der Waals surface area contributed by atoms with Crippen LogP contribution in [0, 0.1) is 0 Å². The van der Waals surface area contributed by atoms with E-state index in [0.717, 1.165) is 17.7 Å². The summed E-state index contributed by atoms with van der Waals surface area (Å²) in [5, 5.41) is 16.8. The first-order valence-corrected chi connectivity index (χ1v) is 8.20. The Balaban J connectivity index is 0.000000314. The van der Waals surface area contributed by atoms with Gasteiger partial charge in [0, 0.05) is 17.7 Å². The Morgan fingerprint density at radius 1 is 1.07 bits per heavy atom. The fourth-order valence-corrected chi connectivity index (χ4v) is 1.91. The molecule has 2 rings (SSSR count). The topological polar surface area (TPSA) is 112 Å². The molecule has 8 heteroatoms. The van der Waals surface area contributed by atoms with Crippen LogP contribution < -0.4 is 0 Å². The van der Waals surface area contributed by atoms with Crippen molar-refractivity contribution in [2.45, 2.75) is 18.5 Å². The number of carbonyl (C=O) groups excluding carboxylic acids is 2. The first-order chi connectivity index (χ1) is 13.0. The molecule has 0 amide bonds. The van der Waals surface area contributed by atoms with Crippen molar-refractivity contribution in [3.63, 3.8) is 0 Å². The molecule has 0 radical (unpaired) electrons. The zero-order chi connectivity index (χ0) is 20.1. The molecule has 0 aliphatic carbocycles. The van der Waals surface area contributed by atoms with E-state index in [4.69, 9.17) is 24.4 Å². The van der Waals surface area contributed by atoms with Gasteiger partial charge in [-0.15, -0.1) is 0 Å². The largest absolute Gasteiger partial charge is 0.454 e. The maximum absolute atomic E-state index is 11.0. The van der Waals surface area contributed by atoms with Crippen LogP contribution in [0.2, 0.25) is 0 Å². The molecule has 27 heavy (non-hydrogen) atoms. The predicted molar refractivity (Wildman–Crippen MR) is 95.4 cm³/mol. The number of aliphatic hydroxyl groups excluding tert-OH is 2. The number of ether oxygens (including phenoxy) is 4. The van der Waals surface area contributed by atoms with Crippen molar-refractivity contribution in [2.75, 3.05) is 26.4 Å². The third-order valence-corrected chi connectivity index (χ3v) is 3.24. The molecule has 1 heterocycles. The molecule has 0 spiro atoms. The summed E-state index contributed by atoms with van der Waals surface area (Å²) in [4.78, 5) is 21.4. The SMILES string of the molecule is C=CC(=O)OC(CO)CO.C=CC(=O)OC1COC(c2ccccc2)OC1. The number of hydrogen-bond acceptors (Lipinski definition) is 8. The molecule has 8 nitrogen and oxygen atoms in total. The highest BCUT2D eigenvalue weighted by Crippen LogP contribution is 2.23. The van der Waals surface area contributed by atoms with Crippen LogP contribution in [0.1, 0.15) is 11.9 Å². The first-order valence-electron chi connectivity index (χ1n) is 8.20. The summed E-state index contributed by atoms with van der Waals surface area (Å²) in [5.74, 6) is -1.10. The van der Waals surface area contributed by atoms with Crippen molar-refractivity contribution in [3.8, 4) is 0 Å². The predicted octanol–water partition coefficient (Wildman–Crippen LogP) is 0.899. The summed E-state index contributed by atoms with van der Waals surface area (Å²) in [7, 11) is 0. The quantitative estimate of drug-likeness (QED) is 0.530. The number of benzene rings is 1. The lowest BCUT2D eigenvalue weighted by Crippen LogP contribution is -2.34. The van der Waals surface area contributed by atoms with Crippen LogP contribution in [-0.4, -0.2) is 60.8 Å². The highest BCUT2D eigenvalue weighted by Gasteiger charge is 2.25. The minimum absolute atomic E-state index is 0.332. The van der Waals surface area contributed by atoms with E-state index >= 15 is 0 Å². The molecule has 0 saturated carbocycles. The number of esters is 2. The Morgan fingerprint density at radius 3 is 2.11 bits per heavy atom. The minimum atomic E-state index is -0.828. The van der Waals surface area contributed by atoms with Gasteiger partial charge in [-0.25, -0.2) is 9.59 Å². The maximum atomic E-state index is 11.0. The minimum Gasteiger partial charge on any atom is -0.454 e. The standard InChI is InChI=1S/C13H14O4.C6H10O4/c1-2-12(14)17-11-8-15-13(16-9-11)10-6-4-3-5-7-10;1-2-6(9)10-5(3-7)4-8/h2-7,11,13H,1,8-9H2;2,5,7-8H,1,3-4H2. The van der Waals surface area contributed by atoms with Gasteiger partial charge in [-0.1, -0.05) is 43.5 Å². The van der Waals surface area contributed by atoms with Gasteiger partial charge in [0.15, 0.2) is 6.29 Å². The zero-order valence-corrected chi connectivity index (χ0v) is 14.9. The molecule has 0 aromatic heterocycles. The van der Waals surface area contributed by atoms with E-state index in [1.807, 2.05) is 30.3 Å². The highest BCUT2D eigenvalue weighted by atomic mass is 16.7. The first kappa shape index (κ1) is 22.5. The second-order valence-corrected chi connectivity index (χ2v) is 5.30. The molecule has 1 aliphatic rings. The van der Waals surface area contributed by atoms with Gasteiger partial charge in [0.1, 0.15) is 12.2 Å². The molecule has 148 valence electrons. The number of carbonyl (C=O) groups is 2. The number of rotatable bonds is 7. The second kappa shape index (κ2) is 12.8. The monoisotopic (exact) mass is 380 g/mol. The van der Waals surface area contributed by atoms with Gasteiger partial charge >= 0.3 is 11.9 Å². The van der Waals surface area contributed by atoms with Crippen molar-refractivity contribution in [1.29, 1.82) is 0 Å². The van der Waals surface area contributed by atoms with Crippen molar-refractivity contribution in [3.05, 3.63) is 61.2 Å². The third kappa shape index (κ3) is 8.61. The number of hydrogen-bond donors (Lipinski definition) is 2. The van der Waals surface area contributed by atoms with Crippen LogP contribution in [0.3, 0.4) is 0 Å². The van der Waals surface area contributed by atoms with Gasteiger partial charge in [0.25, 0.3) is 0 Å². The van der Waals surface area contributed by atoms with Crippen LogP contribution in [0.15, 0.2) is 55.6 Å². The molecule has 1 aromatic rings. The van der Waals surface area contributed by atoms with Gasteiger partial charge in [-0.3, -0.25) is 0 Å². The summed E-state index contributed by atoms with van der Waals surface area (Å²) in [6.45, 7) is 6.38. The molecule has 0 unspecified atom stereocenters. The summed E-state index contributed by atoms with van der Waals surface area (Å²) >= 11 is 0. The van der Waals surface area contributed by atoms with Crippen LogP contribution >= 0.6 is 0 Å². The van der Waals surface area contributed by atoms with Crippen LogP contribution in [0.4, 0.5) is 0 Å². The Morgan fingerprint density at radius 2 is 1.63 bits per heavy atom. The van der Waals surface area contributed by atoms with Gasteiger partial charge in [-0.05, 0) is 0 Å². The van der Waals surface area contributed by atoms with E-state index in [1.54, 1.807) is 0 Å². The third-order valence-electron chi connectivity index (χ3n) is 3.24. The van der Waals surface area contributed by atoms with E-state index in [-0.39, 0.29) is 25.6 Å². The molecule has 1 aromatic carbocycles. The lowest BCUT2D eigenvalue weighted by atomic mass is 10.2. The van der Waals surface area contributed by atoms with Crippen molar-refractivity contribution >= 4 is 11.9 Å². The molecule has 1 fully saturated rings. The van der Waals surface area contributed by atoms with Crippen molar-refractivity contribution < 1.29 is 38.7 Å². The van der Waals surface area contributed by atoms with Crippen molar-refractivity contribution in [1.82, 2.24) is 0 Å². The average molecular weight is 380 g/mol. The average Bonchev–Trinajstić information content (AvgIpc) is 2.73. The fourth-order valence-electron chi connectivity index (χ4n) is 1.91. The smallest absolute Gasteiger partial charge is 0.330 e. The van der Waals surface area contributed by atoms with E-state index in [2.05, 4.69) is 17.9 Å². The maximum Gasteiger partial charge on any atom is 0.330 e. The van der Waals surface area contributed by atoms with E-state index in [9.17, 15) is 9.59 Å². The van der Waals surface area contributed by atoms with E-state index in [0.29, 0.717) is 13.2 Å². The summed E-state index contributed by atoms with van der Waals surface area (Å²) in [5.41, 5.74) is 0.959. The summed E-state index contributed by atoms with van der Waals surface area (Å²) in [6.07, 6.45) is 0.530. The summed E-state index contributed by atoms with van der Waals surface area (Å²) < 4.78 is 20.4. The van der Waals surface area contributed by atoms with Gasteiger partial charge in [-0.2, -0.15) is 0 Å². The van der Waals surface area contributed by atoms with E-state index in [1.165, 1.54) is 0 Å². The molecule has 0 bridgehead atoms. The van der Waals surface area contributed by atoms with Gasteiger partial charge in [0.2, 0.25) is 0 Å². The Hall–Kier alpha value is -2.52. The number of aliphatic hydroxyl groups is 2. The van der Waals surface area contributed by atoms with Crippen LogP contribution in [0.5, 0.6) is 0 Å². The fraction of sp³-hybridized carbons (Fsp3) is 0.368. The van der Waals surface area contributed by atoms with Gasteiger partial charge < -0.3 is 29.2 Å². The van der Waals surface area contributed by atoms with Crippen molar-refractivity contribution in [2.24, 2.45) is 0 Å². The molecular formula is C19H24O8. The molecule has 1 aliphatic heterocycles. The Kier molecular flexibility index (Phi) is 10.7. The molecular weight excluding hydrogens is 356 g/mol. The lowest BCUT2D eigenvalue weighted by molar-refractivity contribution is -0.228. The van der Waals surface area contributed by atoms with Crippen LogP contribution in [-0.2, 0) is 28.5 Å². The lowest BCUT2D eigenvalue weighted by Gasteiger charge is -2.29. The highest BCUT2D eigenvalue weighted by molar-refractivity contribution is 5.81.